The average molecular weight is 314 g/mol. The number of nitrogens with one attached hydrogen (secondary N) is 1. The number of rotatable bonds is 5. The van der Waals surface area contributed by atoms with Crippen LogP contribution >= 0.6 is 11.3 Å². The van der Waals surface area contributed by atoms with Crippen LogP contribution in [0.1, 0.15) is 17.2 Å². The first-order valence-corrected chi connectivity index (χ1v) is 7.62. The zero-order chi connectivity index (χ0) is 15.4. The molecule has 0 aliphatic rings. The SMILES string of the molecule is Cc1cnc(NC(=O)CCc2nc(-c3ccccc3)no2)s1. The van der Waals surface area contributed by atoms with Crippen molar-refractivity contribution >= 4 is 22.4 Å². The summed E-state index contributed by atoms with van der Waals surface area (Å²) in [5.41, 5.74) is 0.889. The van der Waals surface area contributed by atoms with Crippen LogP contribution in [0.5, 0.6) is 0 Å². The minimum atomic E-state index is -0.117. The largest absolute Gasteiger partial charge is 0.339 e. The molecule has 0 aliphatic carbocycles. The molecule has 0 spiro atoms. The third kappa shape index (κ3) is 3.56. The van der Waals surface area contributed by atoms with Gasteiger partial charge in [0.05, 0.1) is 0 Å². The lowest BCUT2D eigenvalue weighted by molar-refractivity contribution is -0.116. The maximum atomic E-state index is 11.8. The van der Waals surface area contributed by atoms with E-state index in [2.05, 4.69) is 20.4 Å². The Morgan fingerprint density at radius 1 is 1.32 bits per heavy atom. The predicted octanol–water partition coefficient (Wildman–Crippen LogP) is 3.07. The summed E-state index contributed by atoms with van der Waals surface area (Å²) in [7, 11) is 0. The second-order valence-corrected chi connectivity index (χ2v) is 5.94. The highest BCUT2D eigenvalue weighted by atomic mass is 32.1. The van der Waals surface area contributed by atoms with Gasteiger partial charge in [0.15, 0.2) is 5.13 Å². The van der Waals surface area contributed by atoms with Crippen molar-refractivity contribution in [2.24, 2.45) is 0 Å². The summed E-state index contributed by atoms with van der Waals surface area (Å²) in [6.07, 6.45) is 2.40. The molecule has 0 saturated heterocycles. The second-order valence-electron chi connectivity index (χ2n) is 4.70. The molecule has 1 amide bonds. The third-order valence-corrected chi connectivity index (χ3v) is 3.76. The molecule has 6 nitrogen and oxygen atoms in total. The molecule has 3 aromatic rings. The number of aromatic nitrogens is 3. The molecule has 0 saturated carbocycles. The Labute approximate surface area is 131 Å². The zero-order valence-corrected chi connectivity index (χ0v) is 12.8. The minimum Gasteiger partial charge on any atom is -0.339 e. The molecule has 0 atom stereocenters. The number of thiazole rings is 1. The highest BCUT2D eigenvalue weighted by Crippen LogP contribution is 2.18. The first-order valence-electron chi connectivity index (χ1n) is 6.81. The lowest BCUT2D eigenvalue weighted by Gasteiger charge is -1.98. The molecular weight excluding hydrogens is 300 g/mol. The molecule has 1 aromatic carbocycles. The first kappa shape index (κ1) is 14.4. The molecule has 0 unspecified atom stereocenters. The van der Waals surface area contributed by atoms with E-state index in [4.69, 9.17) is 4.52 Å². The van der Waals surface area contributed by atoms with E-state index in [1.807, 2.05) is 37.3 Å². The van der Waals surface area contributed by atoms with Crippen molar-refractivity contribution in [3.63, 3.8) is 0 Å². The number of nitrogens with zero attached hydrogens (tertiary/aromatic N) is 3. The van der Waals surface area contributed by atoms with Crippen LogP contribution < -0.4 is 5.32 Å². The van der Waals surface area contributed by atoms with Crippen molar-refractivity contribution in [2.75, 3.05) is 5.32 Å². The molecule has 7 heteroatoms. The van der Waals surface area contributed by atoms with Crippen LogP contribution in [0.3, 0.4) is 0 Å². The molecule has 112 valence electrons. The molecule has 22 heavy (non-hydrogen) atoms. The summed E-state index contributed by atoms with van der Waals surface area (Å²) < 4.78 is 5.17. The summed E-state index contributed by atoms with van der Waals surface area (Å²) in [5.74, 6) is 0.865. The maximum absolute atomic E-state index is 11.8. The lowest BCUT2D eigenvalue weighted by Crippen LogP contribution is -2.12. The molecule has 3 rings (SSSR count). The van der Waals surface area contributed by atoms with Crippen molar-refractivity contribution in [3.8, 4) is 11.4 Å². The predicted molar refractivity (Wildman–Crippen MR) is 83.5 cm³/mol. The van der Waals surface area contributed by atoms with Gasteiger partial charge in [0.25, 0.3) is 0 Å². The van der Waals surface area contributed by atoms with Crippen molar-refractivity contribution in [1.82, 2.24) is 15.1 Å². The van der Waals surface area contributed by atoms with Gasteiger partial charge in [-0.1, -0.05) is 35.5 Å². The fraction of sp³-hybridized carbons (Fsp3) is 0.200. The number of carbonyl (C=O) groups excluding carboxylic acids is 1. The molecule has 0 aliphatic heterocycles. The Kier molecular flexibility index (Phi) is 4.24. The second kappa shape index (κ2) is 6.48. The number of carbonyl (C=O) groups is 1. The summed E-state index contributed by atoms with van der Waals surface area (Å²) in [6, 6.07) is 9.57. The quantitative estimate of drug-likeness (QED) is 0.782. The van der Waals surface area contributed by atoms with Gasteiger partial charge in [0.1, 0.15) is 0 Å². The summed E-state index contributed by atoms with van der Waals surface area (Å²) in [6.45, 7) is 1.94. The first-order chi connectivity index (χ1) is 10.7. The van der Waals surface area contributed by atoms with Crippen molar-refractivity contribution < 1.29 is 9.32 Å². The van der Waals surface area contributed by atoms with E-state index in [9.17, 15) is 4.79 Å². The van der Waals surface area contributed by atoms with Crippen molar-refractivity contribution in [3.05, 3.63) is 47.3 Å². The van der Waals surface area contributed by atoms with Gasteiger partial charge in [0, 0.05) is 29.5 Å². The summed E-state index contributed by atoms with van der Waals surface area (Å²) >= 11 is 1.44. The summed E-state index contributed by atoms with van der Waals surface area (Å²) in [4.78, 5) is 21.3. The van der Waals surface area contributed by atoms with Crippen LogP contribution in [0, 0.1) is 6.92 Å². The number of hydrogen-bond acceptors (Lipinski definition) is 6. The molecular formula is C15H14N4O2S. The van der Waals surface area contributed by atoms with Gasteiger partial charge >= 0.3 is 0 Å². The van der Waals surface area contributed by atoms with Crippen molar-refractivity contribution in [1.29, 1.82) is 0 Å². The fourth-order valence-corrected chi connectivity index (χ4v) is 2.56. The Bertz CT molecular complexity index is 767. The molecule has 0 bridgehead atoms. The average Bonchev–Trinajstić information content (AvgIpc) is 3.15. The maximum Gasteiger partial charge on any atom is 0.227 e. The number of anilines is 1. The van der Waals surface area contributed by atoms with Gasteiger partial charge in [-0.25, -0.2) is 4.98 Å². The number of hydrogen-bond donors (Lipinski definition) is 1. The van der Waals surface area contributed by atoms with E-state index in [-0.39, 0.29) is 12.3 Å². The number of aryl methyl sites for hydroxylation is 2. The Balaban J connectivity index is 1.56. The number of amides is 1. The molecule has 1 N–H and O–H groups in total. The minimum absolute atomic E-state index is 0.117. The van der Waals surface area contributed by atoms with Gasteiger partial charge in [-0.2, -0.15) is 4.98 Å². The van der Waals surface area contributed by atoms with Crippen LogP contribution in [-0.4, -0.2) is 21.0 Å². The van der Waals surface area contributed by atoms with Crippen LogP contribution in [0.15, 0.2) is 41.1 Å². The van der Waals surface area contributed by atoms with E-state index in [0.717, 1.165) is 10.4 Å². The van der Waals surface area contributed by atoms with E-state index >= 15 is 0 Å². The van der Waals surface area contributed by atoms with Crippen LogP contribution in [0.25, 0.3) is 11.4 Å². The zero-order valence-electron chi connectivity index (χ0n) is 11.9. The highest BCUT2D eigenvalue weighted by Gasteiger charge is 2.11. The Hall–Kier alpha value is -2.54. The van der Waals surface area contributed by atoms with Crippen molar-refractivity contribution in [2.45, 2.75) is 19.8 Å². The molecule has 2 aromatic heterocycles. The highest BCUT2D eigenvalue weighted by molar-refractivity contribution is 7.15. The molecule has 0 fully saturated rings. The van der Waals surface area contributed by atoms with E-state index in [1.165, 1.54) is 11.3 Å². The van der Waals surface area contributed by atoms with Gasteiger partial charge in [0.2, 0.25) is 17.6 Å². The Morgan fingerprint density at radius 3 is 2.86 bits per heavy atom. The fourth-order valence-electron chi connectivity index (χ4n) is 1.88. The van der Waals surface area contributed by atoms with Crippen LogP contribution in [-0.2, 0) is 11.2 Å². The molecule has 2 heterocycles. The monoisotopic (exact) mass is 314 g/mol. The van der Waals surface area contributed by atoms with E-state index in [0.29, 0.717) is 23.3 Å². The van der Waals surface area contributed by atoms with Gasteiger partial charge < -0.3 is 9.84 Å². The number of benzene rings is 1. The normalized spacial score (nSPS) is 10.6. The van der Waals surface area contributed by atoms with E-state index in [1.54, 1.807) is 6.20 Å². The topological polar surface area (TPSA) is 80.9 Å². The Morgan fingerprint density at radius 2 is 2.14 bits per heavy atom. The van der Waals surface area contributed by atoms with Gasteiger partial charge in [-0.3, -0.25) is 4.79 Å². The van der Waals surface area contributed by atoms with Crippen LogP contribution in [0.4, 0.5) is 5.13 Å². The standard InChI is InChI=1S/C15H14N4O2S/c1-10-9-16-15(22-10)17-12(20)7-8-13-18-14(19-21-13)11-5-3-2-4-6-11/h2-6,9H,7-8H2,1H3,(H,16,17,20). The smallest absolute Gasteiger partial charge is 0.227 e. The van der Waals surface area contributed by atoms with Gasteiger partial charge in [-0.15, -0.1) is 11.3 Å². The van der Waals surface area contributed by atoms with Gasteiger partial charge in [-0.05, 0) is 6.92 Å². The van der Waals surface area contributed by atoms with E-state index < -0.39 is 0 Å². The molecule has 0 radical (unpaired) electrons. The third-order valence-electron chi connectivity index (χ3n) is 2.93. The lowest BCUT2D eigenvalue weighted by atomic mass is 10.2. The summed E-state index contributed by atoms with van der Waals surface area (Å²) in [5, 5.41) is 7.28. The van der Waals surface area contributed by atoms with Crippen LogP contribution in [0.2, 0.25) is 0 Å².